The molecule has 2 aromatic carbocycles. The number of nitrogens with zero attached hydrogens (tertiary/aromatic N) is 2. The first-order valence-corrected chi connectivity index (χ1v) is 11.9. The molecule has 2 aromatic rings. The summed E-state index contributed by atoms with van der Waals surface area (Å²) in [7, 11) is 0. The molecule has 0 saturated carbocycles. The lowest BCUT2D eigenvalue weighted by molar-refractivity contribution is -0.137. The Kier molecular flexibility index (Phi) is 11.3. The Morgan fingerprint density at radius 1 is 1.12 bits per heavy atom. The Balaban J connectivity index is 0.00000408. The molecular formula is C25H34Cl2F3N3O. The van der Waals surface area contributed by atoms with E-state index in [9.17, 15) is 13.2 Å². The molecule has 0 aliphatic carbocycles. The Hall–Kier alpha value is -1.67. The summed E-state index contributed by atoms with van der Waals surface area (Å²) < 4.78 is 45.6. The molecule has 1 fully saturated rings. The quantitative estimate of drug-likeness (QED) is 0.383. The number of ether oxygens (including phenoxy) is 1. The van der Waals surface area contributed by atoms with Gasteiger partial charge < -0.3 is 15.0 Å². The zero-order chi connectivity index (χ0) is 23.8. The minimum Gasteiger partial charge on any atom is -0.493 e. The van der Waals surface area contributed by atoms with Gasteiger partial charge in [-0.2, -0.15) is 13.2 Å². The molecule has 0 spiro atoms. The Bertz CT molecular complexity index is 890. The lowest BCUT2D eigenvalue weighted by Gasteiger charge is -2.29. The van der Waals surface area contributed by atoms with Crippen molar-refractivity contribution in [1.82, 2.24) is 10.2 Å². The van der Waals surface area contributed by atoms with Gasteiger partial charge in [0.05, 0.1) is 17.2 Å². The van der Waals surface area contributed by atoms with Crippen LogP contribution in [-0.2, 0) is 12.7 Å². The lowest BCUT2D eigenvalue weighted by atomic mass is 10.1. The minimum atomic E-state index is -4.46. The van der Waals surface area contributed by atoms with Crippen LogP contribution in [0.4, 0.5) is 18.9 Å². The maximum atomic E-state index is 13.2. The number of benzene rings is 2. The summed E-state index contributed by atoms with van der Waals surface area (Å²) in [6, 6.07) is 12.3. The van der Waals surface area contributed by atoms with E-state index in [1.165, 1.54) is 6.07 Å². The Morgan fingerprint density at radius 3 is 2.50 bits per heavy atom. The van der Waals surface area contributed by atoms with Crippen molar-refractivity contribution in [1.29, 1.82) is 0 Å². The van der Waals surface area contributed by atoms with Crippen LogP contribution in [-0.4, -0.2) is 50.8 Å². The molecule has 34 heavy (non-hydrogen) atoms. The third-order valence-corrected chi connectivity index (χ3v) is 6.03. The highest BCUT2D eigenvalue weighted by molar-refractivity contribution is 6.32. The first-order chi connectivity index (χ1) is 15.7. The molecule has 1 N–H and O–H groups in total. The van der Waals surface area contributed by atoms with Gasteiger partial charge in [-0.25, -0.2) is 0 Å². The van der Waals surface area contributed by atoms with Gasteiger partial charge >= 0.3 is 6.18 Å². The molecule has 0 unspecified atom stereocenters. The van der Waals surface area contributed by atoms with Crippen LogP contribution in [0.25, 0.3) is 0 Å². The fraction of sp³-hybridized carbons (Fsp3) is 0.520. The topological polar surface area (TPSA) is 27.7 Å². The van der Waals surface area contributed by atoms with Crippen LogP contribution in [0.2, 0.25) is 5.02 Å². The number of piperazine rings is 1. The van der Waals surface area contributed by atoms with E-state index in [4.69, 9.17) is 16.3 Å². The highest BCUT2D eigenvalue weighted by Gasteiger charge is 2.34. The van der Waals surface area contributed by atoms with E-state index in [1.54, 1.807) is 6.07 Å². The van der Waals surface area contributed by atoms with Gasteiger partial charge in [0.25, 0.3) is 0 Å². The second-order valence-electron chi connectivity index (χ2n) is 8.84. The van der Waals surface area contributed by atoms with Gasteiger partial charge in [-0.05, 0) is 36.1 Å². The molecule has 1 aliphatic heterocycles. The van der Waals surface area contributed by atoms with Crippen molar-refractivity contribution in [2.24, 2.45) is 5.92 Å². The van der Waals surface area contributed by atoms with Crippen molar-refractivity contribution in [3.8, 4) is 5.75 Å². The predicted octanol–water partition coefficient (Wildman–Crippen LogP) is 6.12. The molecule has 0 atom stereocenters. The van der Waals surface area contributed by atoms with E-state index in [-0.39, 0.29) is 17.4 Å². The number of alkyl halides is 3. The third-order valence-electron chi connectivity index (χ3n) is 5.59. The van der Waals surface area contributed by atoms with E-state index in [1.807, 2.05) is 12.1 Å². The smallest absolute Gasteiger partial charge is 0.417 e. The van der Waals surface area contributed by atoms with Crippen molar-refractivity contribution >= 4 is 29.7 Å². The number of rotatable bonds is 10. The SMILES string of the molecule is CC(C)CN(CCCOc1cccc(N2CCNCC2)c1)Cc1cccc(C(F)(F)F)c1Cl.Cl. The van der Waals surface area contributed by atoms with Gasteiger partial charge in [0, 0.05) is 57.6 Å². The minimum absolute atomic E-state index is 0. The first-order valence-electron chi connectivity index (χ1n) is 11.5. The highest BCUT2D eigenvalue weighted by atomic mass is 35.5. The normalized spacial score (nSPS) is 14.4. The summed E-state index contributed by atoms with van der Waals surface area (Å²) in [6.45, 7) is 10.5. The number of halogens is 5. The van der Waals surface area contributed by atoms with Crippen molar-refractivity contribution in [3.05, 3.63) is 58.6 Å². The molecule has 0 bridgehead atoms. The van der Waals surface area contributed by atoms with Gasteiger partial charge in [-0.3, -0.25) is 4.90 Å². The fourth-order valence-corrected chi connectivity index (χ4v) is 4.38. The van der Waals surface area contributed by atoms with Gasteiger partial charge in [0.1, 0.15) is 5.75 Å². The molecule has 1 saturated heterocycles. The maximum Gasteiger partial charge on any atom is 0.417 e. The van der Waals surface area contributed by atoms with Crippen molar-refractivity contribution in [3.63, 3.8) is 0 Å². The summed E-state index contributed by atoms with van der Waals surface area (Å²) in [4.78, 5) is 4.49. The number of hydrogen-bond donors (Lipinski definition) is 1. The summed E-state index contributed by atoms with van der Waals surface area (Å²) in [5, 5.41) is 3.15. The summed E-state index contributed by atoms with van der Waals surface area (Å²) >= 11 is 6.12. The second kappa shape index (κ2) is 13.4. The highest BCUT2D eigenvalue weighted by Crippen LogP contribution is 2.36. The molecule has 1 heterocycles. The van der Waals surface area contributed by atoms with E-state index >= 15 is 0 Å². The molecule has 0 amide bonds. The number of nitrogens with one attached hydrogen (secondary N) is 1. The molecule has 9 heteroatoms. The number of hydrogen-bond acceptors (Lipinski definition) is 4. The Labute approximate surface area is 211 Å². The van der Waals surface area contributed by atoms with Crippen LogP contribution >= 0.6 is 24.0 Å². The van der Waals surface area contributed by atoms with Gasteiger partial charge in [-0.15, -0.1) is 12.4 Å². The average Bonchev–Trinajstić information content (AvgIpc) is 2.77. The zero-order valence-electron chi connectivity index (χ0n) is 19.7. The number of anilines is 1. The van der Waals surface area contributed by atoms with Crippen LogP contribution in [0.3, 0.4) is 0 Å². The molecule has 1 aliphatic rings. The summed E-state index contributed by atoms with van der Waals surface area (Å²) in [6.07, 6.45) is -3.69. The summed E-state index contributed by atoms with van der Waals surface area (Å²) in [5.41, 5.74) is 0.880. The monoisotopic (exact) mass is 519 g/mol. The molecule has 0 aromatic heterocycles. The van der Waals surface area contributed by atoms with E-state index < -0.39 is 11.7 Å². The van der Waals surface area contributed by atoms with Gasteiger partial charge in [0.2, 0.25) is 0 Å². The van der Waals surface area contributed by atoms with Gasteiger partial charge in [-0.1, -0.05) is 43.6 Å². The van der Waals surface area contributed by atoms with E-state index in [2.05, 4.69) is 41.1 Å². The lowest BCUT2D eigenvalue weighted by Crippen LogP contribution is -2.43. The molecular weight excluding hydrogens is 486 g/mol. The van der Waals surface area contributed by atoms with Crippen molar-refractivity contribution < 1.29 is 17.9 Å². The zero-order valence-corrected chi connectivity index (χ0v) is 21.3. The van der Waals surface area contributed by atoms with Crippen LogP contribution in [0, 0.1) is 5.92 Å². The van der Waals surface area contributed by atoms with E-state index in [0.29, 0.717) is 31.2 Å². The standard InChI is InChI=1S/C25H33ClF3N3O.ClH/c1-19(2)17-31(18-20-6-3-9-23(24(20)26)25(27,28)29)12-5-15-33-22-8-4-7-21(16-22)32-13-10-30-11-14-32;/h3-4,6-9,16,19,30H,5,10-15,17-18H2,1-2H3;1H. The van der Waals surface area contributed by atoms with Crippen LogP contribution in [0.1, 0.15) is 31.4 Å². The molecule has 190 valence electrons. The predicted molar refractivity (Wildman–Crippen MR) is 135 cm³/mol. The first kappa shape index (κ1) is 28.6. The largest absolute Gasteiger partial charge is 0.493 e. The van der Waals surface area contributed by atoms with Gasteiger partial charge in [0.15, 0.2) is 0 Å². The second-order valence-corrected chi connectivity index (χ2v) is 9.22. The third kappa shape index (κ3) is 8.52. The van der Waals surface area contributed by atoms with Crippen LogP contribution < -0.4 is 15.0 Å². The molecule has 3 rings (SSSR count). The van der Waals surface area contributed by atoms with Crippen molar-refractivity contribution in [2.45, 2.75) is 33.0 Å². The molecule has 4 nitrogen and oxygen atoms in total. The summed E-state index contributed by atoms with van der Waals surface area (Å²) in [5.74, 6) is 1.22. The van der Waals surface area contributed by atoms with E-state index in [0.717, 1.165) is 56.6 Å². The maximum absolute atomic E-state index is 13.2. The average molecular weight is 520 g/mol. The van der Waals surface area contributed by atoms with Crippen molar-refractivity contribution in [2.75, 3.05) is 50.8 Å². The van der Waals surface area contributed by atoms with Crippen LogP contribution in [0.5, 0.6) is 5.75 Å². The Morgan fingerprint density at radius 2 is 1.82 bits per heavy atom. The van der Waals surface area contributed by atoms with Crippen LogP contribution in [0.15, 0.2) is 42.5 Å². The molecule has 0 radical (unpaired) electrons. The fourth-order valence-electron chi connectivity index (χ4n) is 4.08.